The number of ether oxygens (including phenoxy) is 1. The van der Waals surface area contributed by atoms with Gasteiger partial charge in [-0.3, -0.25) is 14.0 Å². The first-order valence-corrected chi connectivity index (χ1v) is 15.5. The molecular weight excluding hydrogens is 486 g/mol. The number of rotatable bonds is 9. The molecule has 2 aliphatic carbocycles. The van der Waals surface area contributed by atoms with Crippen molar-refractivity contribution in [2.75, 3.05) is 30.2 Å². The summed E-state index contributed by atoms with van der Waals surface area (Å²) in [7, 11) is -3.35. The molecule has 2 atom stereocenters. The number of carbonyl (C=O) groups excluding carboxylic acids is 1. The van der Waals surface area contributed by atoms with Crippen LogP contribution in [0.1, 0.15) is 50.5 Å². The van der Waals surface area contributed by atoms with Crippen molar-refractivity contribution < 1.29 is 17.9 Å². The number of nitrogens with two attached hydrogens (primary N) is 1. The number of nitrogens with zero attached hydrogens (tertiary/aromatic N) is 2. The highest BCUT2D eigenvalue weighted by Crippen LogP contribution is 2.41. The quantitative estimate of drug-likeness (QED) is 0.509. The minimum Gasteiger partial charge on any atom is -0.457 e. The van der Waals surface area contributed by atoms with Crippen LogP contribution < -0.4 is 14.8 Å². The first-order valence-electron chi connectivity index (χ1n) is 13.6. The maximum Gasteiger partial charge on any atom is 0.232 e. The van der Waals surface area contributed by atoms with Crippen molar-refractivity contribution in [1.29, 1.82) is 0 Å². The first-order chi connectivity index (χ1) is 17.7. The van der Waals surface area contributed by atoms with E-state index in [1.54, 1.807) is 4.31 Å². The van der Waals surface area contributed by atoms with E-state index in [1.165, 1.54) is 31.1 Å². The molecule has 7 nitrogen and oxygen atoms in total. The van der Waals surface area contributed by atoms with E-state index in [1.807, 2.05) is 36.4 Å². The molecule has 200 valence electrons. The zero-order chi connectivity index (χ0) is 26.0. The van der Waals surface area contributed by atoms with Crippen LogP contribution in [0.25, 0.3) is 0 Å². The molecule has 2 saturated carbocycles. The molecule has 2 aromatic carbocycles. The van der Waals surface area contributed by atoms with Crippen LogP contribution in [0.15, 0.2) is 48.5 Å². The van der Waals surface area contributed by atoms with Crippen LogP contribution in [0.5, 0.6) is 11.5 Å². The lowest BCUT2D eigenvalue weighted by molar-refractivity contribution is -0.121. The van der Waals surface area contributed by atoms with Gasteiger partial charge in [0.15, 0.2) is 0 Å². The van der Waals surface area contributed by atoms with Crippen LogP contribution in [-0.2, 0) is 21.4 Å². The van der Waals surface area contributed by atoms with Gasteiger partial charge in [-0.05, 0) is 85.4 Å². The first kappa shape index (κ1) is 26.0. The molecule has 0 radical (unpaired) electrons. The molecule has 1 saturated heterocycles. The summed E-state index contributed by atoms with van der Waals surface area (Å²) < 4.78 is 32.6. The molecule has 2 N–H and O–H groups in total. The minimum absolute atomic E-state index is 0.0639. The third kappa shape index (κ3) is 6.47. The number of likely N-dealkylation sites (tertiary alicyclic amines) is 1. The fraction of sp³-hybridized carbons (Fsp3) is 0.552. The third-order valence-electron chi connectivity index (χ3n) is 8.47. The SMILES string of the molecule is CS(=O)(=O)N(CC1CCCCC1)c1ccc(Oc2ccc(CN3C[C@@H]4CC(C(N)=O)C[C@H]4C3)cc2)cc1. The average Bonchev–Trinajstić information content (AvgIpc) is 3.44. The topological polar surface area (TPSA) is 92.9 Å². The molecule has 0 bridgehead atoms. The lowest BCUT2D eigenvalue weighted by Crippen LogP contribution is -2.35. The van der Waals surface area contributed by atoms with E-state index in [2.05, 4.69) is 17.0 Å². The number of hydrogen-bond donors (Lipinski definition) is 1. The normalized spacial score (nSPS) is 23.2. The second-order valence-electron chi connectivity index (χ2n) is 11.3. The van der Waals surface area contributed by atoms with Crippen molar-refractivity contribution >= 4 is 21.6 Å². The summed E-state index contributed by atoms with van der Waals surface area (Å²) in [6.45, 7) is 3.50. The van der Waals surface area contributed by atoms with Crippen LogP contribution in [0.4, 0.5) is 5.69 Å². The van der Waals surface area contributed by atoms with Gasteiger partial charge in [0.25, 0.3) is 0 Å². The maximum atomic E-state index is 12.5. The van der Waals surface area contributed by atoms with Crippen molar-refractivity contribution in [3.8, 4) is 11.5 Å². The predicted molar refractivity (Wildman–Crippen MR) is 146 cm³/mol. The van der Waals surface area contributed by atoms with Crippen molar-refractivity contribution in [2.24, 2.45) is 29.4 Å². The number of primary amides is 1. The molecule has 2 aromatic rings. The molecule has 0 spiro atoms. The van der Waals surface area contributed by atoms with Crippen molar-refractivity contribution in [1.82, 2.24) is 4.90 Å². The second kappa shape index (κ2) is 11.0. The summed E-state index contributed by atoms with van der Waals surface area (Å²) in [4.78, 5) is 14.0. The van der Waals surface area contributed by atoms with E-state index in [0.29, 0.717) is 35.7 Å². The Balaban J connectivity index is 1.15. The number of sulfonamides is 1. The van der Waals surface area contributed by atoms with Gasteiger partial charge in [0.1, 0.15) is 11.5 Å². The van der Waals surface area contributed by atoms with Gasteiger partial charge in [-0.15, -0.1) is 0 Å². The Hall–Kier alpha value is -2.58. The predicted octanol–water partition coefficient (Wildman–Crippen LogP) is 4.77. The number of carbonyl (C=O) groups is 1. The smallest absolute Gasteiger partial charge is 0.232 e. The highest BCUT2D eigenvalue weighted by Gasteiger charge is 2.42. The Morgan fingerprint density at radius 1 is 0.946 bits per heavy atom. The van der Waals surface area contributed by atoms with E-state index >= 15 is 0 Å². The van der Waals surface area contributed by atoms with Crippen molar-refractivity contribution in [2.45, 2.75) is 51.5 Å². The van der Waals surface area contributed by atoms with Gasteiger partial charge in [0.2, 0.25) is 15.9 Å². The lowest BCUT2D eigenvalue weighted by atomic mass is 9.89. The fourth-order valence-electron chi connectivity index (χ4n) is 6.53. The molecule has 1 amide bonds. The summed E-state index contributed by atoms with van der Waals surface area (Å²) in [5.74, 6) is 2.95. The summed E-state index contributed by atoms with van der Waals surface area (Å²) in [6.07, 6.45) is 8.97. The van der Waals surface area contributed by atoms with Gasteiger partial charge in [-0.2, -0.15) is 0 Å². The Labute approximate surface area is 221 Å². The lowest BCUT2D eigenvalue weighted by Gasteiger charge is -2.29. The van der Waals surface area contributed by atoms with Gasteiger partial charge in [-0.1, -0.05) is 31.4 Å². The van der Waals surface area contributed by atoms with Crippen LogP contribution in [0.2, 0.25) is 0 Å². The van der Waals surface area contributed by atoms with Gasteiger partial charge >= 0.3 is 0 Å². The molecular formula is C29H39N3O4S. The monoisotopic (exact) mass is 525 g/mol. The third-order valence-corrected chi connectivity index (χ3v) is 9.63. The van der Waals surface area contributed by atoms with Gasteiger partial charge in [0, 0.05) is 32.1 Å². The Kier molecular flexibility index (Phi) is 7.77. The van der Waals surface area contributed by atoms with Crippen LogP contribution in [-0.4, -0.2) is 45.1 Å². The Morgan fingerprint density at radius 3 is 2.05 bits per heavy atom. The highest BCUT2D eigenvalue weighted by atomic mass is 32.2. The molecule has 3 aliphatic rings. The molecule has 37 heavy (non-hydrogen) atoms. The minimum atomic E-state index is -3.35. The van der Waals surface area contributed by atoms with Gasteiger partial charge in [-0.25, -0.2) is 8.42 Å². The average molecular weight is 526 g/mol. The highest BCUT2D eigenvalue weighted by molar-refractivity contribution is 7.92. The fourth-order valence-corrected chi connectivity index (χ4v) is 7.52. The maximum absolute atomic E-state index is 12.5. The van der Waals surface area contributed by atoms with E-state index in [9.17, 15) is 13.2 Å². The standard InChI is InChI=1S/C29H39N3O4S/c1-37(34,35)32(18-21-5-3-2-4-6-21)26-9-13-28(14-10-26)36-27-11-7-22(8-12-27)17-31-19-24-15-23(29(30)33)16-25(24)20-31/h7-14,21,23-25H,2-6,15-20H2,1H3,(H2,30,33)/t24-,25-/m0/s1. The van der Waals surface area contributed by atoms with Gasteiger partial charge in [0.05, 0.1) is 11.9 Å². The zero-order valence-corrected chi connectivity index (χ0v) is 22.5. The zero-order valence-electron chi connectivity index (χ0n) is 21.7. The molecule has 0 aromatic heterocycles. The molecule has 8 heteroatoms. The number of anilines is 1. The number of fused-ring (bicyclic) bond motifs is 1. The largest absolute Gasteiger partial charge is 0.457 e. The molecule has 0 unspecified atom stereocenters. The number of hydrogen-bond acceptors (Lipinski definition) is 5. The van der Waals surface area contributed by atoms with Crippen LogP contribution in [0.3, 0.4) is 0 Å². The molecule has 5 rings (SSSR count). The van der Waals surface area contributed by atoms with E-state index in [0.717, 1.165) is 51.1 Å². The van der Waals surface area contributed by atoms with Crippen molar-refractivity contribution in [3.05, 3.63) is 54.1 Å². The van der Waals surface area contributed by atoms with Gasteiger partial charge < -0.3 is 10.5 Å². The van der Waals surface area contributed by atoms with Crippen LogP contribution in [0, 0.1) is 23.7 Å². The molecule has 3 fully saturated rings. The number of benzene rings is 2. The summed E-state index contributed by atoms with van der Waals surface area (Å²) in [5.41, 5.74) is 7.43. The second-order valence-corrected chi connectivity index (χ2v) is 13.2. The summed E-state index contributed by atoms with van der Waals surface area (Å²) in [5, 5.41) is 0. The van der Waals surface area contributed by atoms with E-state index in [-0.39, 0.29) is 11.8 Å². The Morgan fingerprint density at radius 2 is 1.51 bits per heavy atom. The van der Waals surface area contributed by atoms with Crippen LogP contribution >= 0.6 is 0 Å². The van der Waals surface area contributed by atoms with E-state index < -0.39 is 10.0 Å². The van der Waals surface area contributed by atoms with E-state index in [4.69, 9.17) is 10.5 Å². The van der Waals surface area contributed by atoms with Crippen molar-refractivity contribution in [3.63, 3.8) is 0 Å². The number of amides is 1. The molecule has 1 heterocycles. The summed E-state index contributed by atoms with van der Waals surface area (Å²) in [6, 6.07) is 15.5. The summed E-state index contributed by atoms with van der Waals surface area (Å²) >= 11 is 0. The molecule has 1 aliphatic heterocycles. The Bertz CT molecular complexity index is 1160.